The summed E-state index contributed by atoms with van der Waals surface area (Å²) in [4.78, 5) is 25.3. The topological polar surface area (TPSA) is 56.9 Å². The Balaban J connectivity index is 1.53. The summed E-state index contributed by atoms with van der Waals surface area (Å²) in [7, 11) is 0. The number of halogens is 1. The Hall–Kier alpha value is -3.02. The lowest BCUT2D eigenvalue weighted by atomic mass is 10.1. The van der Waals surface area contributed by atoms with Gasteiger partial charge in [0.1, 0.15) is 12.4 Å². The number of aryl methyl sites for hydroxylation is 2. The van der Waals surface area contributed by atoms with Gasteiger partial charge in [-0.15, -0.1) is 5.10 Å². The van der Waals surface area contributed by atoms with Crippen LogP contribution in [0, 0.1) is 12.7 Å². The van der Waals surface area contributed by atoms with Gasteiger partial charge in [-0.25, -0.2) is 13.9 Å². The van der Waals surface area contributed by atoms with Gasteiger partial charge in [-0.05, 0) is 56.0 Å². The summed E-state index contributed by atoms with van der Waals surface area (Å²) < 4.78 is 16.1. The molecule has 144 valence electrons. The number of nitrogens with zero attached hydrogens (tertiary/aromatic N) is 3. The highest BCUT2D eigenvalue weighted by Crippen LogP contribution is 2.36. The molecule has 0 unspecified atom stereocenters. The van der Waals surface area contributed by atoms with E-state index in [4.69, 9.17) is 0 Å². The summed E-state index contributed by atoms with van der Waals surface area (Å²) in [5.41, 5.74) is 2.67. The molecule has 0 N–H and O–H groups in total. The van der Waals surface area contributed by atoms with Crippen molar-refractivity contribution in [2.24, 2.45) is 0 Å². The van der Waals surface area contributed by atoms with Crippen molar-refractivity contribution in [2.45, 2.75) is 45.2 Å². The Bertz CT molecular complexity index is 1060. The van der Waals surface area contributed by atoms with Crippen LogP contribution in [0.4, 0.5) is 4.39 Å². The predicted octanol–water partition coefficient (Wildman–Crippen LogP) is 3.70. The fraction of sp³-hybridized carbons (Fsp3) is 0.318. The fourth-order valence-corrected chi connectivity index (χ4v) is 3.38. The van der Waals surface area contributed by atoms with E-state index in [1.54, 1.807) is 16.7 Å². The molecule has 28 heavy (non-hydrogen) atoms. The van der Waals surface area contributed by atoms with E-state index in [-0.39, 0.29) is 29.9 Å². The van der Waals surface area contributed by atoms with E-state index in [1.807, 2.05) is 25.1 Å². The SMILES string of the molecule is Cc1cccc(CCC(=O)Cn2nc(-c3ccc(F)cc3)n(C3CC3)c2=O)c1. The Kier molecular flexibility index (Phi) is 4.94. The normalized spacial score (nSPS) is 13.6. The molecule has 1 aliphatic carbocycles. The molecule has 1 fully saturated rings. The van der Waals surface area contributed by atoms with Crippen molar-refractivity contribution in [1.29, 1.82) is 0 Å². The summed E-state index contributed by atoms with van der Waals surface area (Å²) in [6, 6.07) is 14.1. The predicted molar refractivity (Wildman–Crippen MR) is 105 cm³/mol. The second-order valence-electron chi connectivity index (χ2n) is 7.40. The molecule has 0 spiro atoms. The minimum absolute atomic E-state index is 0.0327. The first-order chi connectivity index (χ1) is 13.5. The summed E-state index contributed by atoms with van der Waals surface area (Å²) in [5.74, 6) is 0.128. The van der Waals surface area contributed by atoms with Gasteiger partial charge in [0.15, 0.2) is 11.6 Å². The van der Waals surface area contributed by atoms with Crippen molar-refractivity contribution in [3.05, 3.63) is 76.0 Å². The molecule has 5 nitrogen and oxygen atoms in total. The maximum atomic E-state index is 13.2. The van der Waals surface area contributed by atoms with Crippen molar-refractivity contribution < 1.29 is 9.18 Å². The van der Waals surface area contributed by atoms with Crippen LogP contribution >= 0.6 is 0 Å². The van der Waals surface area contributed by atoms with Gasteiger partial charge in [-0.1, -0.05) is 29.8 Å². The summed E-state index contributed by atoms with van der Waals surface area (Å²) in [5, 5.41) is 4.40. The van der Waals surface area contributed by atoms with Crippen LogP contribution in [-0.4, -0.2) is 20.1 Å². The average Bonchev–Trinajstić information content (AvgIpc) is 3.46. The first kappa shape index (κ1) is 18.3. The van der Waals surface area contributed by atoms with E-state index in [2.05, 4.69) is 11.2 Å². The molecular formula is C22H22FN3O2. The molecule has 1 heterocycles. The number of hydrogen-bond donors (Lipinski definition) is 0. The van der Waals surface area contributed by atoms with Gasteiger partial charge in [-0.2, -0.15) is 0 Å². The standard InChI is InChI=1S/C22H22FN3O2/c1-15-3-2-4-16(13-15)5-12-20(27)14-25-22(28)26(19-10-11-19)21(24-25)17-6-8-18(23)9-7-17/h2-4,6-9,13,19H,5,10-12,14H2,1H3. The average molecular weight is 379 g/mol. The lowest BCUT2D eigenvalue weighted by Crippen LogP contribution is -2.27. The highest BCUT2D eigenvalue weighted by molar-refractivity contribution is 5.78. The van der Waals surface area contributed by atoms with Crippen molar-refractivity contribution in [3.63, 3.8) is 0 Å². The van der Waals surface area contributed by atoms with Crippen molar-refractivity contribution in [3.8, 4) is 11.4 Å². The molecule has 1 aromatic heterocycles. The van der Waals surface area contributed by atoms with Crippen LogP contribution in [0.15, 0.2) is 53.3 Å². The molecule has 0 aliphatic heterocycles. The number of benzene rings is 2. The van der Waals surface area contributed by atoms with Crippen LogP contribution in [0.2, 0.25) is 0 Å². The Morgan fingerprint density at radius 1 is 1.18 bits per heavy atom. The Morgan fingerprint density at radius 2 is 1.93 bits per heavy atom. The number of Topliss-reactive ketones (excluding diaryl/α,β-unsaturated/α-hetero) is 1. The molecule has 2 aromatic carbocycles. The zero-order valence-electron chi connectivity index (χ0n) is 15.8. The molecule has 0 saturated heterocycles. The van der Waals surface area contributed by atoms with Gasteiger partial charge in [0.05, 0.1) is 0 Å². The van der Waals surface area contributed by atoms with Gasteiger partial charge < -0.3 is 0 Å². The van der Waals surface area contributed by atoms with Gasteiger partial charge in [0.25, 0.3) is 0 Å². The molecule has 3 aromatic rings. The fourth-order valence-electron chi connectivity index (χ4n) is 3.38. The minimum atomic E-state index is -0.338. The van der Waals surface area contributed by atoms with Crippen molar-refractivity contribution in [2.75, 3.05) is 0 Å². The first-order valence-corrected chi connectivity index (χ1v) is 9.54. The van der Waals surface area contributed by atoms with Crippen LogP contribution in [0.25, 0.3) is 11.4 Å². The highest BCUT2D eigenvalue weighted by atomic mass is 19.1. The van der Waals surface area contributed by atoms with E-state index in [0.717, 1.165) is 24.0 Å². The quantitative estimate of drug-likeness (QED) is 0.629. The largest absolute Gasteiger partial charge is 0.346 e. The molecule has 1 aliphatic rings. The monoisotopic (exact) mass is 379 g/mol. The number of aromatic nitrogens is 3. The van der Waals surface area contributed by atoms with E-state index in [0.29, 0.717) is 24.2 Å². The molecule has 1 saturated carbocycles. The third-order valence-electron chi connectivity index (χ3n) is 4.99. The number of hydrogen-bond acceptors (Lipinski definition) is 3. The maximum absolute atomic E-state index is 13.2. The zero-order chi connectivity index (χ0) is 19.7. The lowest BCUT2D eigenvalue weighted by Gasteiger charge is -2.03. The van der Waals surface area contributed by atoms with E-state index < -0.39 is 0 Å². The third-order valence-corrected chi connectivity index (χ3v) is 4.99. The third kappa shape index (κ3) is 3.96. The molecule has 0 atom stereocenters. The molecule has 0 bridgehead atoms. The smallest absolute Gasteiger partial charge is 0.298 e. The molecule has 0 radical (unpaired) electrons. The summed E-state index contributed by atoms with van der Waals surface area (Å²) >= 11 is 0. The molecule has 0 amide bonds. The second kappa shape index (κ2) is 7.54. The van der Waals surface area contributed by atoms with Gasteiger partial charge in [0, 0.05) is 18.0 Å². The molecular weight excluding hydrogens is 357 g/mol. The first-order valence-electron chi connectivity index (χ1n) is 9.54. The summed E-state index contributed by atoms with van der Waals surface area (Å²) in [6.45, 7) is 1.98. The minimum Gasteiger partial charge on any atom is -0.298 e. The van der Waals surface area contributed by atoms with E-state index in [9.17, 15) is 14.0 Å². The maximum Gasteiger partial charge on any atom is 0.346 e. The number of rotatable bonds is 7. The Labute approximate surface area is 162 Å². The van der Waals surface area contributed by atoms with Crippen LogP contribution in [0.3, 0.4) is 0 Å². The Morgan fingerprint density at radius 3 is 2.61 bits per heavy atom. The van der Waals surface area contributed by atoms with Crippen LogP contribution in [-0.2, 0) is 17.8 Å². The van der Waals surface area contributed by atoms with Gasteiger partial charge in [-0.3, -0.25) is 9.36 Å². The molecule has 6 heteroatoms. The lowest BCUT2D eigenvalue weighted by molar-refractivity contribution is -0.119. The number of carbonyl (C=O) groups excluding carboxylic acids is 1. The highest BCUT2D eigenvalue weighted by Gasteiger charge is 2.30. The second-order valence-corrected chi connectivity index (χ2v) is 7.40. The van der Waals surface area contributed by atoms with Crippen LogP contribution in [0.5, 0.6) is 0 Å². The van der Waals surface area contributed by atoms with Gasteiger partial charge >= 0.3 is 5.69 Å². The van der Waals surface area contributed by atoms with Crippen molar-refractivity contribution in [1.82, 2.24) is 14.3 Å². The van der Waals surface area contributed by atoms with Crippen molar-refractivity contribution >= 4 is 5.78 Å². The van der Waals surface area contributed by atoms with Gasteiger partial charge in [0.2, 0.25) is 0 Å². The number of carbonyl (C=O) groups is 1. The van der Waals surface area contributed by atoms with Crippen LogP contribution in [0.1, 0.15) is 36.4 Å². The van der Waals surface area contributed by atoms with E-state index in [1.165, 1.54) is 16.8 Å². The molecule has 4 rings (SSSR count). The van der Waals surface area contributed by atoms with Crippen LogP contribution < -0.4 is 5.69 Å². The van der Waals surface area contributed by atoms with E-state index >= 15 is 0 Å². The summed E-state index contributed by atoms with van der Waals surface area (Å²) in [6.07, 6.45) is 2.84. The zero-order valence-corrected chi connectivity index (χ0v) is 15.8. The number of ketones is 1.